The molecule has 0 spiro atoms. The van der Waals surface area contributed by atoms with Crippen molar-refractivity contribution in [3.8, 4) is 0 Å². The summed E-state index contributed by atoms with van der Waals surface area (Å²) in [5, 5.41) is 0. The maximum Gasteiger partial charge on any atom is 0.325 e. The first-order chi connectivity index (χ1) is 10.2. The van der Waals surface area contributed by atoms with E-state index >= 15 is 0 Å². The molecule has 3 rings (SSSR count). The second-order valence-corrected chi connectivity index (χ2v) is 6.03. The van der Waals surface area contributed by atoms with E-state index < -0.39 is 18.0 Å². The van der Waals surface area contributed by atoms with Crippen molar-refractivity contribution in [3.63, 3.8) is 0 Å². The Morgan fingerprint density at radius 1 is 1.19 bits per heavy atom. The average molecular weight is 295 g/mol. The molecule has 0 N–H and O–H groups in total. The van der Waals surface area contributed by atoms with Gasteiger partial charge in [-0.25, -0.2) is 0 Å². The van der Waals surface area contributed by atoms with Crippen LogP contribution in [-0.2, 0) is 23.9 Å². The third-order valence-corrected chi connectivity index (χ3v) is 4.40. The molecule has 2 unspecified atom stereocenters. The van der Waals surface area contributed by atoms with Gasteiger partial charge in [0, 0.05) is 19.0 Å². The zero-order chi connectivity index (χ0) is 14.8. The molecule has 2 heterocycles. The average Bonchev–Trinajstić information content (AvgIpc) is 3.28. The van der Waals surface area contributed by atoms with Crippen molar-refractivity contribution >= 4 is 17.5 Å². The molecule has 0 aromatic rings. The Bertz CT molecular complexity index is 439. The summed E-state index contributed by atoms with van der Waals surface area (Å²) in [5.41, 5.74) is 0. The number of Topliss-reactive ketones (excluding diaryl/α,β-unsaturated/α-hetero) is 2. The predicted molar refractivity (Wildman–Crippen MR) is 72.6 cm³/mol. The van der Waals surface area contributed by atoms with Crippen LogP contribution in [-0.4, -0.2) is 61.4 Å². The van der Waals surface area contributed by atoms with E-state index in [0.717, 1.165) is 52.1 Å². The van der Waals surface area contributed by atoms with Gasteiger partial charge in [-0.3, -0.25) is 19.3 Å². The number of nitrogens with zero attached hydrogens (tertiary/aromatic N) is 1. The number of morpholine rings is 1. The van der Waals surface area contributed by atoms with Crippen LogP contribution >= 0.6 is 0 Å². The molecule has 0 aromatic heterocycles. The molecule has 1 saturated carbocycles. The fourth-order valence-electron chi connectivity index (χ4n) is 2.95. The minimum Gasteiger partial charge on any atom is -0.453 e. The first-order valence-corrected chi connectivity index (χ1v) is 7.75. The Kier molecular flexibility index (Phi) is 4.35. The summed E-state index contributed by atoms with van der Waals surface area (Å²) in [5.74, 6) is -2.39. The van der Waals surface area contributed by atoms with E-state index in [1.807, 2.05) is 0 Å². The van der Waals surface area contributed by atoms with Gasteiger partial charge in [0.1, 0.15) is 0 Å². The number of ketones is 2. The van der Waals surface area contributed by atoms with Gasteiger partial charge >= 0.3 is 5.97 Å². The van der Waals surface area contributed by atoms with Crippen LogP contribution in [0.3, 0.4) is 0 Å². The van der Waals surface area contributed by atoms with Gasteiger partial charge < -0.3 is 9.47 Å². The van der Waals surface area contributed by atoms with Gasteiger partial charge in [-0.05, 0) is 32.2 Å². The van der Waals surface area contributed by atoms with Crippen LogP contribution in [0.5, 0.6) is 0 Å². The molecule has 21 heavy (non-hydrogen) atoms. The van der Waals surface area contributed by atoms with Crippen molar-refractivity contribution in [2.75, 3.05) is 32.8 Å². The highest BCUT2D eigenvalue weighted by molar-refractivity contribution is 6.22. The van der Waals surface area contributed by atoms with Gasteiger partial charge in [-0.2, -0.15) is 0 Å². The number of rotatable bonds is 6. The summed E-state index contributed by atoms with van der Waals surface area (Å²) in [6.45, 7) is 4.17. The molecule has 2 atom stereocenters. The topological polar surface area (TPSA) is 72.9 Å². The number of esters is 1. The summed E-state index contributed by atoms with van der Waals surface area (Å²) in [4.78, 5) is 38.1. The van der Waals surface area contributed by atoms with Crippen LogP contribution in [0.2, 0.25) is 0 Å². The molecule has 0 bridgehead atoms. The van der Waals surface area contributed by atoms with Gasteiger partial charge in [0.05, 0.1) is 13.2 Å². The van der Waals surface area contributed by atoms with Crippen LogP contribution in [0, 0.1) is 11.8 Å². The summed E-state index contributed by atoms with van der Waals surface area (Å²) in [7, 11) is 0. The van der Waals surface area contributed by atoms with Crippen molar-refractivity contribution in [2.24, 2.45) is 11.8 Å². The minimum atomic E-state index is -1.13. The number of carbonyl (C=O) groups is 3. The Hall–Kier alpha value is -1.27. The highest BCUT2D eigenvalue weighted by atomic mass is 16.6. The van der Waals surface area contributed by atoms with Gasteiger partial charge in [-0.15, -0.1) is 0 Å². The van der Waals surface area contributed by atoms with Crippen molar-refractivity contribution < 1.29 is 23.9 Å². The fourth-order valence-corrected chi connectivity index (χ4v) is 2.95. The van der Waals surface area contributed by atoms with E-state index in [0.29, 0.717) is 6.42 Å². The number of cyclic esters (lactones) is 1. The standard InChI is InChI=1S/C15H21NO5/c17-13(10-3-4-10)12-14(18)11(21-15(12)19)2-1-5-16-6-8-20-9-7-16/h10-12H,1-9H2. The van der Waals surface area contributed by atoms with Crippen molar-refractivity contribution in [3.05, 3.63) is 0 Å². The highest BCUT2D eigenvalue weighted by Crippen LogP contribution is 2.35. The summed E-state index contributed by atoms with van der Waals surface area (Å²) < 4.78 is 10.4. The first-order valence-electron chi connectivity index (χ1n) is 7.75. The van der Waals surface area contributed by atoms with Crippen LogP contribution < -0.4 is 0 Å². The Labute approximate surface area is 123 Å². The van der Waals surface area contributed by atoms with E-state index in [1.54, 1.807) is 0 Å². The zero-order valence-electron chi connectivity index (χ0n) is 12.1. The Balaban J connectivity index is 1.46. The van der Waals surface area contributed by atoms with Gasteiger partial charge in [-0.1, -0.05) is 0 Å². The van der Waals surface area contributed by atoms with E-state index in [1.165, 1.54) is 0 Å². The molecular formula is C15H21NO5. The molecule has 0 aromatic carbocycles. The lowest BCUT2D eigenvalue weighted by atomic mass is 9.94. The Morgan fingerprint density at radius 3 is 2.57 bits per heavy atom. The summed E-state index contributed by atoms with van der Waals surface area (Å²) >= 11 is 0. The maximum atomic E-state index is 12.2. The van der Waals surface area contributed by atoms with Gasteiger partial charge in [0.2, 0.25) is 0 Å². The SMILES string of the molecule is O=C1OC(CCCN2CCOCC2)C(=O)C1C(=O)C1CC1. The van der Waals surface area contributed by atoms with E-state index in [9.17, 15) is 14.4 Å². The smallest absolute Gasteiger partial charge is 0.325 e. The maximum absolute atomic E-state index is 12.2. The molecule has 2 aliphatic heterocycles. The predicted octanol–water partition coefficient (Wildman–Crippen LogP) is 0.189. The minimum absolute atomic E-state index is 0.0846. The lowest BCUT2D eigenvalue weighted by Crippen LogP contribution is -2.37. The van der Waals surface area contributed by atoms with Crippen molar-refractivity contribution in [1.82, 2.24) is 4.90 Å². The second kappa shape index (κ2) is 6.23. The molecule has 3 fully saturated rings. The number of hydrogen-bond acceptors (Lipinski definition) is 6. The summed E-state index contributed by atoms with van der Waals surface area (Å²) in [6.07, 6.45) is 2.19. The number of hydrogen-bond donors (Lipinski definition) is 0. The molecule has 6 heteroatoms. The zero-order valence-corrected chi connectivity index (χ0v) is 12.1. The lowest BCUT2D eigenvalue weighted by Gasteiger charge is -2.26. The summed E-state index contributed by atoms with van der Waals surface area (Å²) in [6, 6.07) is 0. The van der Waals surface area contributed by atoms with Crippen LogP contribution in [0.15, 0.2) is 0 Å². The van der Waals surface area contributed by atoms with E-state index in [2.05, 4.69) is 4.90 Å². The monoisotopic (exact) mass is 295 g/mol. The molecule has 3 aliphatic rings. The lowest BCUT2D eigenvalue weighted by molar-refractivity contribution is -0.147. The quantitative estimate of drug-likeness (QED) is 0.514. The van der Waals surface area contributed by atoms with Crippen LogP contribution in [0.4, 0.5) is 0 Å². The molecule has 0 radical (unpaired) electrons. The highest BCUT2D eigenvalue weighted by Gasteiger charge is 2.50. The molecular weight excluding hydrogens is 274 g/mol. The second-order valence-electron chi connectivity index (χ2n) is 6.03. The van der Waals surface area contributed by atoms with Gasteiger partial charge in [0.15, 0.2) is 23.6 Å². The van der Waals surface area contributed by atoms with Crippen LogP contribution in [0.25, 0.3) is 0 Å². The first kappa shape index (κ1) is 14.7. The molecule has 6 nitrogen and oxygen atoms in total. The van der Waals surface area contributed by atoms with E-state index in [4.69, 9.17) is 9.47 Å². The Morgan fingerprint density at radius 2 is 1.90 bits per heavy atom. The van der Waals surface area contributed by atoms with Gasteiger partial charge in [0.25, 0.3) is 0 Å². The molecule has 0 amide bonds. The number of ether oxygens (including phenoxy) is 2. The molecule has 2 saturated heterocycles. The largest absolute Gasteiger partial charge is 0.453 e. The number of carbonyl (C=O) groups excluding carboxylic acids is 3. The van der Waals surface area contributed by atoms with E-state index in [-0.39, 0.29) is 17.5 Å². The normalized spacial score (nSPS) is 30.5. The third kappa shape index (κ3) is 3.32. The van der Waals surface area contributed by atoms with Crippen LogP contribution in [0.1, 0.15) is 25.7 Å². The fraction of sp³-hybridized carbons (Fsp3) is 0.800. The third-order valence-electron chi connectivity index (χ3n) is 4.40. The van der Waals surface area contributed by atoms with Crippen molar-refractivity contribution in [1.29, 1.82) is 0 Å². The molecule has 116 valence electrons. The van der Waals surface area contributed by atoms with Crippen molar-refractivity contribution in [2.45, 2.75) is 31.8 Å². The molecule has 1 aliphatic carbocycles.